The van der Waals surface area contributed by atoms with Crippen LogP contribution in [0.1, 0.15) is 11.1 Å². The number of aromatic hydroxyl groups is 2. The summed E-state index contributed by atoms with van der Waals surface area (Å²) in [6.07, 6.45) is 1.07. The van der Waals surface area contributed by atoms with E-state index in [1.807, 2.05) is 0 Å². The Labute approximate surface area is 136 Å². The van der Waals surface area contributed by atoms with Gasteiger partial charge in [-0.05, 0) is 23.8 Å². The second-order valence-corrected chi connectivity index (χ2v) is 4.76. The fourth-order valence-corrected chi connectivity index (χ4v) is 2.08. The molecule has 0 aliphatic rings. The molecule has 0 aromatic heterocycles. The first kappa shape index (κ1) is 16.8. The number of aliphatic carboxylic acids is 1. The van der Waals surface area contributed by atoms with Crippen LogP contribution in [0.4, 0.5) is 5.69 Å². The van der Waals surface area contributed by atoms with Crippen LogP contribution in [0, 0.1) is 10.1 Å². The number of hydrogen-bond acceptors (Lipinski definition) is 6. The van der Waals surface area contributed by atoms with E-state index < -0.39 is 16.6 Å². The van der Waals surface area contributed by atoms with E-state index in [1.165, 1.54) is 31.4 Å². The van der Waals surface area contributed by atoms with Crippen molar-refractivity contribution in [2.24, 2.45) is 0 Å². The zero-order valence-corrected chi connectivity index (χ0v) is 12.5. The molecule has 0 aliphatic carbocycles. The number of non-ortho nitro benzene ring substituents is 1. The molecule has 0 amide bonds. The zero-order chi connectivity index (χ0) is 17.9. The third-order valence-corrected chi connectivity index (χ3v) is 3.21. The van der Waals surface area contributed by atoms with Crippen molar-refractivity contribution >= 4 is 23.3 Å². The standard InChI is InChI=1S/C16H13NO7/c1-24-14-8-11(17(22)23)5-10(15(14)19)7-13(16(20)21)9-3-2-4-12(18)6-9/h2-8,18-19H,1H3,(H,20,21)/b13-7-. The van der Waals surface area contributed by atoms with Crippen molar-refractivity contribution in [3.05, 3.63) is 57.6 Å². The minimum Gasteiger partial charge on any atom is -0.508 e. The molecule has 24 heavy (non-hydrogen) atoms. The van der Waals surface area contributed by atoms with Crippen LogP contribution in [0.15, 0.2) is 36.4 Å². The molecule has 3 N–H and O–H groups in total. The topological polar surface area (TPSA) is 130 Å². The highest BCUT2D eigenvalue weighted by molar-refractivity contribution is 6.21. The first-order chi connectivity index (χ1) is 11.3. The van der Waals surface area contributed by atoms with Crippen molar-refractivity contribution in [3.63, 3.8) is 0 Å². The van der Waals surface area contributed by atoms with Crippen LogP contribution in [0.5, 0.6) is 17.2 Å². The fourth-order valence-electron chi connectivity index (χ4n) is 2.08. The van der Waals surface area contributed by atoms with Crippen molar-refractivity contribution in [1.29, 1.82) is 0 Å². The minimum atomic E-state index is -1.33. The molecule has 0 bridgehead atoms. The summed E-state index contributed by atoms with van der Waals surface area (Å²) in [5, 5.41) is 39.9. The lowest BCUT2D eigenvalue weighted by Crippen LogP contribution is -2.00. The van der Waals surface area contributed by atoms with Crippen molar-refractivity contribution < 1.29 is 29.8 Å². The SMILES string of the molecule is COc1cc([N+](=O)[O-])cc(/C=C(\C(=O)O)c2cccc(O)c2)c1O. The number of rotatable bonds is 5. The van der Waals surface area contributed by atoms with E-state index in [0.717, 1.165) is 18.2 Å². The van der Waals surface area contributed by atoms with Gasteiger partial charge in [0.25, 0.3) is 5.69 Å². The van der Waals surface area contributed by atoms with Gasteiger partial charge in [0.1, 0.15) is 5.75 Å². The summed E-state index contributed by atoms with van der Waals surface area (Å²) in [5.41, 5.74) is -0.547. The third kappa shape index (κ3) is 3.43. The highest BCUT2D eigenvalue weighted by atomic mass is 16.6. The van der Waals surface area contributed by atoms with Crippen LogP contribution in [-0.4, -0.2) is 33.3 Å². The summed E-state index contributed by atoms with van der Waals surface area (Å²) in [7, 11) is 1.22. The lowest BCUT2D eigenvalue weighted by Gasteiger charge is -2.08. The molecule has 124 valence electrons. The minimum absolute atomic E-state index is 0.0956. The molecule has 0 atom stereocenters. The van der Waals surface area contributed by atoms with Gasteiger partial charge < -0.3 is 20.1 Å². The molecular weight excluding hydrogens is 318 g/mol. The van der Waals surface area contributed by atoms with E-state index in [2.05, 4.69) is 0 Å². The number of carboxylic acid groups (broad SMARTS) is 1. The molecule has 2 rings (SSSR count). The number of carboxylic acids is 1. The average Bonchev–Trinajstić information content (AvgIpc) is 2.53. The first-order valence-corrected chi connectivity index (χ1v) is 6.63. The Balaban J connectivity index is 2.67. The van der Waals surface area contributed by atoms with Crippen LogP contribution in [-0.2, 0) is 4.79 Å². The Bertz CT molecular complexity index is 842. The zero-order valence-electron chi connectivity index (χ0n) is 12.5. The number of benzene rings is 2. The van der Waals surface area contributed by atoms with E-state index in [4.69, 9.17) is 4.74 Å². The Kier molecular flexibility index (Phi) is 4.69. The number of nitrogens with zero attached hydrogens (tertiary/aromatic N) is 1. The number of methoxy groups -OCH3 is 1. The maximum Gasteiger partial charge on any atom is 0.336 e. The summed E-state index contributed by atoms with van der Waals surface area (Å²) in [6, 6.07) is 7.56. The molecular formula is C16H13NO7. The Morgan fingerprint density at radius 1 is 1.25 bits per heavy atom. The molecule has 0 spiro atoms. The van der Waals surface area contributed by atoms with Crippen LogP contribution >= 0.6 is 0 Å². The normalized spacial score (nSPS) is 11.1. The van der Waals surface area contributed by atoms with Gasteiger partial charge >= 0.3 is 5.97 Å². The molecule has 0 fully saturated rings. The van der Waals surface area contributed by atoms with E-state index in [9.17, 15) is 30.2 Å². The number of ether oxygens (including phenoxy) is 1. The van der Waals surface area contributed by atoms with Gasteiger partial charge in [0.2, 0.25) is 0 Å². The van der Waals surface area contributed by atoms with Gasteiger partial charge in [-0.15, -0.1) is 0 Å². The molecule has 0 heterocycles. The molecule has 0 saturated carbocycles. The first-order valence-electron chi connectivity index (χ1n) is 6.63. The van der Waals surface area contributed by atoms with E-state index in [1.54, 1.807) is 0 Å². The summed E-state index contributed by atoms with van der Waals surface area (Å²) in [5.74, 6) is -2.05. The monoisotopic (exact) mass is 331 g/mol. The average molecular weight is 331 g/mol. The molecule has 0 unspecified atom stereocenters. The van der Waals surface area contributed by atoms with Gasteiger partial charge in [0.05, 0.1) is 23.7 Å². The Morgan fingerprint density at radius 2 is 1.96 bits per heavy atom. The van der Waals surface area contributed by atoms with Crippen molar-refractivity contribution in [2.45, 2.75) is 0 Å². The maximum atomic E-state index is 11.5. The summed E-state index contributed by atoms with van der Waals surface area (Å²) in [4.78, 5) is 21.8. The van der Waals surface area contributed by atoms with Gasteiger partial charge in [-0.2, -0.15) is 0 Å². The lowest BCUT2D eigenvalue weighted by molar-refractivity contribution is -0.385. The quantitative estimate of drug-likeness (QED) is 0.332. The highest BCUT2D eigenvalue weighted by Gasteiger charge is 2.18. The molecule has 0 saturated heterocycles. The van der Waals surface area contributed by atoms with Crippen LogP contribution < -0.4 is 4.74 Å². The fraction of sp³-hybridized carbons (Fsp3) is 0.0625. The summed E-state index contributed by atoms with van der Waals surface area (Å²) in [6.45, 7) is 0. The summed E-state index contributed by atoms with van der Waals surface area (Å²) >= 11 is 0. The van der Waals surface area contributed by atoms with Crippen LogP contribution in [0.2, 0.25) is 0 Å². The van der Waals surface area contributed by atoms with Gasteiger partial charge in [-0.1, -0.05) is 12.1 Å². The van der Waals surface area contributed by atoms with Crippen molar-refractivity contribution in [2.75, 3.05) is 7.11 Å². The number of hydrogen-bond donors (Lipinski definition) is 3. The number of nitro groups is 1. The van der Waals surface area contributed by atoms with Crippen molar-refractivity contribution in [1.82, 2.24) is 0 Å². The largest absolute Gasteiger partial charge is 0.508 e. The van der Waals surface area contributed by atoms with Crippen LogP contribution in [0.25, 0.3) is 11.6 Å². The number of phenolic OH excluding ortho intramolecular Hbond substituents is 2. The predicted octanol–water partition coefficient (Wildman–Crippen LogP) is 2.64. The van der Waals surface area contributed by atoms with E-state index >= 15 is 0 Å². The third-order valence-electron chi connectivity index (χ3n) is 3.21. The molecule has 0 aliphatic heterocycles. The number of carbonyl (C=O) groups is 1. The van der Waals surface area contributed by atoms with Gasteiger partial charge in [0.15, 0.2) is 11.5 Å². The maximum absolute atomic E-state index is 11.5. The van der Waals surface area contributed by atoms with Gasteiger partial charge in [0, 0.05) is 11.6 Å². The molecule has 2 aromatic rings. The molecule has 8 nitrogen and oxygen atoms in total. The number of phenols is 2. The second kappa shape index (κ2) is 6.69. The Hall–Kier alpha value is -3.55. The highest BCUT2D eigenvalue weighted by Crippen LogP contribution is 2.36. The molecule has 8 heteroatoms. The molecule has 2 aromatic carbocycles. The lowest BCUT2D eigenvalue weighted by atomic mass is 10.0. The van der Waals surface area contributed by atoms with Crippen LogP contribution in [0.3, 0.4) is 0 Å². The van der Waals surface area contributed by atoms with Crippen molar-refractivity contribution in [3.8, 4) is 17.2 Å². The summed E-state index contributed by atoms with van der Waals surface area (Å²) < 4.78 is 4.87. The number of nitro benzene ring substituents is 1. The molecule has 0 radical (unpaired) electrons. The predicted molar refractivity (Wildman–Crippen MR) is 84.9 cm³/mol. The van der Waals surface area contributed by atoms with E-state index in [-0.39, 0.29) is 33.9 Å². The smallest absolute Gasteiger partial charge is 0.336 e. The second-order valence-electron chi connectivity index (χ2n) is 4.76. The van der Waals surface area contributed by atoms with Gasteiger partial charge in [-0.3, -0.25) is 10.1 Å². The Morgan fingerprint density at radius 3 is 2.50 bits per heavy atom. The van der Waals surface area contributed by atoms with E-state index in [0.29, 0.717) is 0 Å². The van der Waals surface area contributed by atoms with Gasteiger partial charge in [-0.25, -0.2) is 4.79 Å².